The van der Waals surface area contributed by atoms with Crippen molar-refractivity contribution in [2.75, 3.05) is 6.61 Å². The van der Waals surface area contributed by atoms with E-state index in [2.05, 4.69) is 20.8 Å². The summed E-state index contributed by atoms with van der Waals surface area (Å²) >= 11 is 0. The third-order valence-electron chi connectivity index (χ3n) is 4.40. The predicted molar refractivity (Wildman–Crippen MR) is 72.2 cm³/mol. The molecule has 0 spiro atoms. The van der Waals surface area contributed by atoms with Crippen LogP contribution < -0.4 is 4.74 Å². The smallest absolute Gasteiger partial charge is 0.126 e. The second kappa shape index (κ2) is 5.29. The summed E-state index contributed by atoms with van der Waals surface area (Å²) in [6.45, 7) is 7.64. The zero-order chi connectivity index (χ0) is 13.2. The number of ether oxygens (including phenoxy) is 1. The second-order valence-corrected chi connectivity index (χ2v) is 6.23. The van der Waals surface area contributed by atoms with Gasteiger partial charge in [0, 0.05) is 12.0 Å². The van der Waals surface area contributed by atoms with Gasteiger partial charge >= 0.3 is 0 Å². The maximum absolute atomic E-state index is 13.1. The van der Waals surface area contributed by atoms with Crippen molar-refractivity contribution in [3.8, 4) is 5.75 Å². The summed E-state index contributed by atoms with van der Waals surface area (Å²) < 4.78 is 18.9. The molecule has 0 bridgehead atoms. The summed E-state index contributed by atoms with van der Waals surface area (Å²) in [7, 11) is 0. The highest BCUT2D eigenvalue weighted by Crippen LogP contribution is 2.43. The summed E-state index contributed by atoms with van der Waals surface area (Å²) in [6, 6.07) is 6.42. The van der Waals surface area contributed by atoms with Crippen molar-refractivity contribution in [1.29, 1.82) is 0 Å². The van der Waals surface area contributed by atoms with E-state index in [0.29, 0.717) is 29.6 Å². The Balaban J connectivity index is 2.00. The Labute approximate surface area is 109 Å². The summed E-state index contributed by atoms with van der Waals surface area (Å²) in [4.78, 5) is 0. The molecule has 1 aliphatic rings. The minimum atomic E-state index is -0.233. The summed E-state index contributed by atoms with van der Waals surface area (Å²) in [5.74, 6) is 1.64. The first-order chi connectivity index (χ1) is 8.49. The lowest BCUT2D eigenvalue weighted by Gasteiger charge is -2.42. The van der Waals surface area contributed by atoms with E-state index in [9.17, 15) is 4.39 Å². The summed E-state index contributed by atoms with van der Waals surface area (Å²) in [5, 5.41) is 0. The molecule has 0 unspecified atom stereocenters. The maximum Gasteiger partial charge on any atom is 0.126 e. The molecule has 1 nitrogen and oxygen atoms in total. The number of hydrogen-bond donors (Lipinski definition) is 0. The van der Waals surface area contributed by atoms with Crippen molar-refractivity contribution in [1.82, 2.24) is 0 Å². The van der Waals surface area contributed by atoms with E-state index in [1.807, 2.05) is 6.07 Å². The lowest BCUT2D eigenvalue weighted by Crippen LogP contribution is -2.37. The number of hydrogen-bond acceptors (Lipinski definition) is 1. The normalized spacial score (nSPS) is 26.9. The minimum Gasteiger partial charge on any atom is -0.493 e. The Morgan fingerprint density at radius 2 is 2.17 bits per heavy atom. The first-order valence-corrected chi connectivity index (χ1v) is 6.87. The Bertz CT molecular complexity index is 400. The molecule has 2 rings (SSSR count). The molecule has 2 atom stereocenters. The summed E-state index contributed by atoms with van der Waals surface area (Å²) in [5.41, 5.74) is 0.324. The lowest BCUT2D eigenvalue weighted by molar-refractivity contribution is 0.0411. The fourth-order valence-corrected chi connectivity index (χ4v) is 3.17. The highest BCUT2D eigenvalue weighted by molar-refractivity contribution is 5.22. The molecule has 1 aromatic carbocycles. The van der Waals surface area contributed by atoms with Crippen molar-refractivity contribution < 1.29 is 9.13 Å². The third-order valence-corrected chi connectivity index (χ3v) is 4.40. The first-order valence-electron chi connectivity index (χ1n) is 6.87. The van der Waals surface area contributed by atoms with E-state index >= 15 is 0 Å². The van der Waals surface area contributed by atoms with Crippen LogP contribution in [0.1, 0.15) is 40.0 Å². The van der Waals surface area contributed by atoms with Crippen LogP contribution in [0.15, 0.2) is 24.3 Å². The van der Waals surface area contributed by atoms with Crippen LogP contribution in [-0.2, 0) is 0 Å². The van der Waals surface area contributed by atoms with Gasteiger partial charge in [-0.2, -0.15) is 0 Å². The van der Waals surface area contributed by atoms with Gasteiger partial charge in [-0.15, -0.1) is 0 Å². The topological polar surface area (TPSA) is 9.23 Å². The Kier molecular flexibility index (Phi) is 3.94. The maximum atomic E-state index is 13.1. The van der Waals surface area contributed by atoms with Crippen LogP contribution in [-0.4, -0.2) is 6.61 Å². The molecule has 18 heavy (non-hydrogen) atoms. The van der Waals surface area contributed by atoms with Gasteiger partial charge in [0.1, 0.15) is 11.6 Å². The molecule has 2 heteroatoms. The number of benzene rings is 1. The lowest BCUT2D eigenvalue weighted by atomic mass is 9.64. The fraction of sp³-hybridized carbons (Fsp3) is 0.625. The monoisotopic (exact) mass is 250 g/mol. The molecule has 1 fully saturated rings. The average Bonchev–Trinajstić information content (AvgIpc) is 2.27. The van der Waals surface area contributed by atoms with Crippen LogP contribution in [0.25, 0.3) is 0 Å². The Hall–Kier alpha value is -1.05. The van der Waals surface area contributed by atoms with E-state index in [1.54, 1.807) is 6.07 Å². The largest absolute Gasteiger partial charge is 0.493 e. The van der Waals surface area contributed by atoms with Crippen LogP contribution >= 0.6 is 0 Å². The molecule has 0 amide bonds. The molecule has 1 aliphatic carbocycles. The van der Waals surface area contributed by atoms with Crippen LogP contribution in [0.5, 0.6) is 5.75 Å². The average molecular weight is 250 g/mol. The molecular formula is C16H23FO. The zero-order valence-corrected chi connectivity index (χ0v) is 11.6. The minimum absolute atomic E-state index is 0.233. The number of halogens is 1. The number of rotatable bonds is 3. The van der Waals surface area contributed by atoms with Crippen LogP contribution in [0, 0.1) is 23.1 Å². The van der Waals surface area contributed by atoms with E-state index < -0.39 is 0 Å². The Morgan fingerprint density at radius 3 is 2.83 bits per heavy atom. The first kappa shape index (κ1) is 13.4. The molecule has 0 heterocycles. The van der Waals surface area contributed by atoms with Crippen molar-refractivity contribution in [2.24, 2.45) is 17.3 Å². The van der Waals surface area contributed by atoms with Gasteiger partial charge in [-0.3, -0.25) is 0 Å². The van der Waals surface area contributed by atoms with E-state index in [0.717, 1.165) is 0 Å². The van der Waals surface area contributed by atoms with E-state index in [4.69, 9.17) is 4.74 Å². The van der Waals surface area contributed by atoms with Crippen molar-refractivity contribution >= 4 is 0 Å². The third kappa shape index (κ3) is 3.04. The van der Waals surface area contributed by atoms with Crippen LogP contribution in [0.3, 0.4) is 0 Å². The molecule has 0 aliphatic heterocycles. The summed E-state index contributed by atoms with van der Waals surface area (Å²) in [6.07, 6.45) is 3.85. The van der Waals surface area contributed by atoms with Gasteiger partial charge in [0.15, 0.2) is 0 Å². The SMILES string of the molecule is C[C@H]1CCCC(C)(C)[C@H]1COc1cccc(F)c1. The molecule has 0 aromatic heterocycles. The van der Waals surface area contributed by atoms with Gasteiger partial charge in [0.05, 0.1) is 6.61 Å². The molecule has 1 saturated carbocycles. The predicted octanol–water partition coefficient (Wildman–Crippen LogP) is 4.67. The quantitative estimate of drug-likeness (QED) is 0.757. The fourth-order valence-electron chi connectivity index (χ4n) is 3.17. The molecule has 100 valence electrons. The molecule has 0 saturated heterocycles. The van der Waals surface area contributed by atoms with Crippen molar-refractivity contribution in [2.45, 2.75) is 40.0 Å². The van der Waals surface area contributed by atoms with Crippen molar-refractivity contribution in [3.05, 3.63) is 30.1 Å². The van der Waals surface area contributed by atoms with E-state index in [1.165, 1.54) is 31.4 Å². The van der Waals surface area contributed by atoms with Gasteiger partial charge in [0.25, 0.3) is 0 Å². The standard InChI is InChI=1S/C16H23FO/c1-12-6-5-9-16(2,3)15(12)11-18-14-8-4-7-13(17)10-14/h4,7-8,10,12,15H,5-6,9,11H2,1-3H3/t12-,15-/m0/s1. The molecule has 0 radical (unpaired) electrons. The van der Waals surface area contributed by atoms with Crippen LogP contribution in [0.4, 0.5) is 4.39 Å². The second-order valence-electron chi connectivity index (χ2n) is 6.23. The molecule has 1 aromatic rings. The Morgan fingerprint density at radius 1 is 1.39 bits per heavy atom. The van der Waals surface area contributed by atoms with Crippen LogP contribution in [0.2, 0.25) is 0 Å². The van der Waals surface area contributed by atoms with Gasteiger partial charge in [-0.25, -0.2) is 4.39 Å². The highest BCUT2D eigenvalue weighted by atomic mass is 19.1. The zero-order valence-electron chi connectivity index (χ0n) is 11.6. The molecular weight excluding hydrogens is 227 g/mol. The van der Waals surface area contributed by atoms with Gasteiger partial charge in [-0.1, -0.05) is 39.7 Å². The van der Waals surface area contributed by atoms with Crippen molar-refractivity contribution in [3.63, 3.8) is 0 Å². The van der Waals surface area contributed by atoms with Gasteiger partial charge in [0.2, 0.25) is 0 Å². The van der Waals surface area contributed by atoms with Gasteiger partial charge < -0.3 is 4.74 Å². The van der Waals surface area contributed by atoms with E-state index in [-0.39, 0.29) is 5.82 Å². The highest BCUT2D eigenvalue weighted by Gasteiger charge is 2.37. The molecule has 0 N–H and O–H groups in total. The van der Waals surface area contributed by atoms with Gasteiger partial charge in [-0.05, 0) is 29.9 Å².